The first kappa shape index (κ1) is 48.6. The van der Waals surface area contributed by atoms with Gasteiger partial charge in [-0.1, -0.05) is 29.3 Å². The smallest absolute Gasteiger partial charge is 0.262 e. The maximum atomic E-state index is 15.5. The minimum absolute atomic E-state index is 0.000166. The molecule has 5 fully saturated rings. The molecule has 5 aliphatic heterocycles. The standard InChI is InChI=1S/C52H55Cl2FN12O6/c53-38-2-1-3-39(54)44(38)49(70)60-33-24-35(25-33)66-29-58-45-46(56-28-57-47(45)66)59-32-4-6-34(7-5-32)63-22-20-62(21-23-63)15-10-30-11-16-65(17-12-30)50(71)31-13-18-64(19-14-31)42-27-37-36(26-40(42)55)51(72)67(52(37)73)41-8-9-43(68)61-48(41)69/h1-7,26-31,33,35,41H,8-25H2,(H,60,70)(H,56,57,59)(H,61,68,69)/t33?,35?,41-/m0/s1. The van der Waals surface area contributed by atoms with Gasteiger partial charge >= 0.3 is 0 Å². The van der Waals surface area contributed by atoms with Gasteiger partial charge in [-0.3, -0.25) is 43.9 Å². The number of piperidine rings is 3. The van der Waals surface area contributed by atoms with Crippen molar-refractivity contribution in [2.45, 2.75) is 75.9 Å². The number of carbonyl (C=O) groups is 6. The van der Waals surface area contributed by atoms with Crippen LogP contribution in [0, 0.1) is 17.7 Å². The Bertz CT molecular complexity index is 2980. The van der Waals surface area contributed by atoms with Gasteiger partial charge in [-0.15, -0.1) is 0 Å². The lowest BCUT2D eigenvalue weighted by Crippen LogP contribution is -2.54. The molecule has 21 heteroatoms. The Hall–Kier alpha value is -6.70. The number of anilines is 4. The topological polar surface area (TPSA) is 198 Å². The van der Waals surface area contributed by atoms with Crippen molar-refractivity contribution >= 4 is 92.7 Å². The zero-order valence-corrected chi connectivity index (χ0v) is 41.6. The molecule has 6 aliphatic rings. The lowest BCUT2D eigenvalue weighted by molar-refractivity contribution is -0.138. The molecule has 5 aromatic rings. The molecular weight excluding hydrogens is 979 g/mol. The van der Waals surface area contributed by atoms with Gasteiger partial charge in [-0.05, 0) is 112 Å². The molecule has 3 N–H and O–H groups in total. The highest BCUT2D eigenvalue weighted by Crippen LogP contribution is 2.38. The van der Waals surface area contributed by atoms with Crippen LogP contribution in [0.25, 0.3) is 11.2 Å². The maximum absolute atomic E-state index is 15.5. The first-order chi connectivity index (χ1) is 35.4. The van der Waals surface area contributed by atoms with Crippen LogP contribution in [-0.2, 0) is 14.4 Å². The summed E-state index contributed by atoms with van der Waals surface area (Å²) >= 11 is 12.5. The summed E-state index contributed by atoms with van der Waals surface area (Å²) in [7, 11) is 0. The normalized spacial score (nSPS) is 22.2. The Kier molecular flexibility index (Phi) is 13.5. The highest BCUT2D eigenvalue weighted by Gasteiger charge is 2.46. The lowest BCUT2D eigenvalue weighted by Gasteiger charge is -2.39. The van der Waals surface area contributed by atoms with Crippen LogP contribution in [0.5, 0.6) is 0 Å². The SMILES string of the molecule is O=C1CC[C@H](N2C(=O)c3cc(F)c(N4CCC(C(=O)N5CCC(CCN6CCN(c7ccc(Nc8ncnc9c8ncn9C8CC(NC(=O)c9c(Cl)cccc9Cl)C8)cc7)CC6)CC5)CC4)cc3C2=O)C(=O)N1. The summed E-state index contributed by atoms with van der Waals surface area (Å²) < 4.78 is 17.6. The number of rotatable bonds is 12. The van der Waals surface area contributed by atoms with E-state index in [9.17, 15) is 28.8 Å². The minimum Gasteiger partial charge on any atom is -0.369 e. The third-order valence-corrected chi connectivity index (χ3v) is 16.4. The molecule has 18 nitrogen and oxygen atoms in total. The van der Waals surface area contributed by atoms with Crippen LogP contribution in [-0.4, -0.2) is 141 Å². The monoisotopic (exact) mass is 1030 g/mol. The fourth-order valence-corrected chi connectivity index (χ4v) is 12.0. The van der Waals surface area contributed by atoms with Crippen LogP contribution in [0.1, 0.15) is 94.9 Å². The van der Waals surface area contributed by atoms with Crippen LogP contribution >= 0.6 is 23.2 Å². The van der Waals surface area contributed by atoms with Crippen LogP contribution in [0.4, 0.5) is 27.3 Å². The van der Waals surface area contributed by atoms with Crippen molar-refractivity contribution in [2.24, 2.45) is 11.8 Å². The molecule has 1 saturated carbocycles. The summed E-state index contributed by atoms with van der Waals surface area (Å²) in [6.07, 6.45) is 8.93. The molecule has 73 heavy (non-hydrogen) atoms. The second-order valence-electron chi connectivity index (χ2n) is 20.1. The highest BCUT2D eigenvalue weighted by atomic mass is 35.5. The van der Waals surface area contributed by atoms with E-state index in [1.54, 1.807) is 24.5 Å². The third kappa shape index (κ3) is 9.69. The van der Waals surface area contributed by atoms with Gasteiger partial charge in [0.2, 0.25) is 17.7 Å². The van der Waals surface area contributed by atoms with Crippen molar-refractivity contribution in [1.82, 2.24) is 44.9 Å². The van der Waals surface area contributed by atoms with Crippen molar-refractivity contribution in [3.63, 3.8) is 0 Å². The van der Waals surface area contributed by atoms with E-state index in [0.29, 0.717) is 53.2 Å². The van der Waals surface area contributed by atoms with Gasteiger partial charge in [-0.25, -0.2) is 19.3 Å². The van der Waals surface area contributed by atoms with Gasteiger partial charge in [0.15, 0.2) is 17.0 Å². The molecule has 0 unspecified atom stereocenters. The Labute approximate surface area is 430 Å². The summed E-state index contributed by atoms with van der Waals surface area (Å²) in [6.45, 7) is 7.18. The molecular formula is C52H55Cl2FN12O6. The van der Waals surface area contributed by atoms with E-state index >= 15 is 4.39 Å². The van der Waals surface area contributed by atoms with Gasteiger partial charge in [0.25, 0.3) is 17.7 Å². The molecule has 2 aromatic heterocycles. The van der Waals surface area contributed by atoms with Crippen LogP contribution in [0.2, 0.25) is 10.0 Å². The molecule has 6 amide bonds. The number of nitrogens with one attached hydrogen (secondary N) is 3. The first-order valence-electron chi connectivity index (χ1n) is 25.2. The molecule has 0 radical (unpaired) electrons. The molecule has 380 valence electrons. The Morgan fingerprint density at radius 1 is 0.781 bits per heavy atom. The fraction of sp³-hybridized carbons (Fsp3) is 0.442. The Balaban J connectivity index is 0.595. The number of likely N-dealkylation sites (tertiary alicyclic amines) is 1. The molecule has 3 aromatic carbocycles. The third-order valence-electron chi connectivity index (χ3n) is 15.7. The summed E-state index contributed by atoms with van der Waals surface area (Å²) in [6, 6.07) is 14.8. The van der Waals surface area contributed by atoms with Crippen LogP contribution in [0.15, 0.2) is 67.3 Å². The largest absolute Gasteiger partial charge is 0.369 e. The lowest BCUT2D eigenvalue weighted by atomic mass is 9.86. The number of imidazole rings is 1. The summed E-state index contributed by atoms with van der Waals surface area (Å²) in [5.41, 5.74) is 3.88. The molecule has 1 aliphatic carbocycles. The predicted molar refractivity (Wildman–Crippen MR) is 272 cm³/mol. The van der Waals surface area contributed by atoms with Crippen LogP contribution in [0.3, 0.4) is 0 Å². The van der Waals surface area contributed by atoms with Gasteiger partial charge in [0.1, 0.15) is 18.2 Å². The molecule has 4 saturated heterocycles. The number of piperazine rings is 1. The number of halogens is 3. The van der Waals surface area contributed by atoms with Crippen molar-refractivity contribution in [1.29, 1.82) is 0 Å². The second-order valence-corrected chi connectivity index (χ2v) is 20.9. The van der Waals surface area contributed by atoms with Gasteiger partial charge in [-0.2, -0.15) is 0 Å². The molecule has 0 bridgehead atoms. The summed E-state index contributed by atoms with van der Waals surface area (Å²) in [5.74, 6) is -2.37. The van der Waals surface area contributed by atoms with E-state index in [2.05, 4.69) is 65.0 Å². The molecule has 0 spiro atoms. The summed E-state index contributed by atoms with van der Waals surface area (Å²) in [5, 5.41) is 9.30. The Morgan fingerprint density at radius 3 is 2.18 bits per heavy atom. The van der Waals surface area contributed by atoms with E-state index in [4.69, 9.17) is 23.2 Å². The number of imide groups is 2. The fourth-order valence-electron chi connectivity index (χ4n) is 11.4. The molecule has 7 heterocycles. The number of carbonyl (C=O) groups excluding carboxylic acids is 6. The van der Waals surface area contributed by atoms with Gasteiger partial charge in [0, 0.05) is 88.2 Å². The number of benzene rings is 3. The maximum Gasteiger partial charge on any atom is 0.262 e. The average Bonchev–Trinajstić information content (AvgIpc) is 3.91. The van der Waals surface area contributed by atoms with Crippen molar-refractivity contribution in [3.05, 3.63) is 99.8 Å². The molecule has 1 atom stereocenters. The molecule has 11 rings (SSSR count). The van der Waals surface area contributed by atoms with Gasteiger partial charge < -0.3 is 29.9 Å². The van der Waals surface area contributed by atoms with E-state index in [1.165, 1.54) is 12.4 Å². The second kappa shape index (κ2) is 20.3. The van der Waals surface area contributed by atoms with Crippen LogP contribution < -0.4 is 25.8 Å². The number of hydrogen-bond acceptors (Lipinski definition) is 13. The number of amides is 6. The quantitative estimate of drug-likeness (QED) is 0.119. The number of fused-ring (bicyclic) bond motifs is 2. The first-order valence-corrected chi connectivity index (χ1v) is 26.0. The van der Waals surface area contributed by atoms with E-state index < -0.39 is 35.5 Å². The number of hydrogen-bond donors (Lipinski definition) is 3. The van der Waals surface area contributed by atoms with Crippen molar-refractivity contribution < 1.29 is 33.2 Å². The zero-order chi connectivity index (χ0) is 50.5. The number of nitrogens with zero attached hydrogens (tertiary/aromatic N) is 9. The van der Waals surface area contributed by atoms with Gasteiger partial charge in [0.05, 0.1) is 38.8 Å². The average molecular weight is 1030 g/mol. The van der Waals surface area contributed by atoms with E-state index in [0.717, 1.165) is 106 Å². The minimum atomic E-state index is -1.12. The van der Waals surface area contributed by atoms with Crippen molar-refractivity contribution in [2.75, 3.05) is 74.0 Å². The van der Waals surface area contributed by atoms with Crippen molar-refractivity contribution in [3.8, 4) is 0 Å². The highest BCUT2D eigenvalue weighted by molar-refractivity contribution is 6.39. The number of aromatic nitrogens is 4. The van der Waals surface area contributed by atoms with E-state index in [-0.39, 0.29) is 65.0 Å². The predicted octanol–water partition coefficient (Wildman–Crippen LogP) is 6.22. The summed E-state index contributed by atoms with van der Waals surface area (Å²) in [4.78, 5) is 101. The zero-order valence-electron chi connectivity index (χ0n) is 40.1. The van der Waals surface area contributed by atoms with E-state index in [1.807, 2.05) is 14.4 Å². The Morgan fingerprint density at radius 2 is 1.48 bits per heavy atom.